The first-order chi connectivity index (χ1) is 19.7. The second kappa shape index (κ2) is 10.6. The highest BCUT2D eigenvalue weighted by Crippen LogP contribution is 3.02. The van der Waals surface area contributed by atoms with Gasteiger partial charge in [-0.05, 0) is 56.0 Å². The number of hydrogen-bond donors (Lipinski definition) is 2. The van der Waals surface area contributed by atoms with Gasteiger partial charge >= 0.3 is 10.2 Å². The van der Waals surface area contributed by atoms with E-state index < -0.39 is 80.9 Å². The Balaban J connectivity index is 1.85. The Hall–Kier alpha value is -3.45. The molecule has 43 heavy (non-hydrogen) atoms. The normalized spacial score (nSPS) is 25.0. The summed E-state index contributed by atoms with van der Waals surface area (Å²) in [7, 11) is -10.1. The van der Waals surface area contributed by atoms with E-state index in [2.05, 4.69) is 15.1 Å². The quantitative estimate of drug-likeness (QED) is 0.244. The van der Waals surface area contributed by atoms with Gasteiger partial charge < -0.3 is 5.32 Å². The summed E-state index contributed by atoms with van der Waals surface area (Å²) in [4.78, 5) is 33.6. The highest BCUT2D eigenvalue weighted by atomic mass is 32.5. The van der Waals surface area contributed by atoms with Crippen molar-refractivity contribution in [2.24, 2.45) is 11.7 Å². The third-order valence-corrected chi connectivity index (χ3v) is 9.00. The lowest BCUT2D eigenvalue weighted by molar-refractivity contribution is -0.130. The number of rotatable bonds is 7. The van der Waals surface area contributed by atoms with Crippen molar-refractivity contribution in [1.29, 1.82) is 0 Å². The van der Waals surface area contributed by atoms with Crippen LogP contribution >= 0.6 is 10.2 Å². The van der Waals surface area contributed by atoms with Gasteiger partial charge in [0.15, 0.2) is 0 Å². The number of pyridine rings is 1. The summed E-state index contributed by atoms with van der Waals surface area (Å²) in [6.07, 6.45) is 1.55. The molecular weight excluding hydrogens is 610 g/mol. The van der Waals surface area contributed by atoms with E-state index in [1.165, 1.54) is 0 Å². The molecule has 2 aliphatic rings. The van der Waals surface area contributed by atoms with Crippen LogP contribution in [-0.4, -0.2) is 34.4 Å². The number of nitrogens with two attached hydrogens (primary N) is 1. The third kappa shape index (κ3) is 7.38. The lowest BCUT2D eigenvalue weighted by Gasteiger charge is -2.41. The molecule has 4 rings (SSSR count). The minimum Gasteiger partial charge on any atom is -0.351 e. The number of halogens is 8. The molecular formula is C27H29F8N5O2S. The van der Waals surface area contributed by atoms with E-state index in [4.69, 9.17) is 12.3 Å². The number of nitrogens with zero attached hydrogens (tertiary/aromatic N) is 3. The number of benzene rings is 1. The van der Waals surface area contributed by atoms with Crippen molar-refractivity contribution < 1.29 is 42.2 Å². The molecule has 3 unspecified atom stereocenters. The zero-order valence-corrected chi connectivity index (χ0v) is 23.4. The van der Waals surface area contributed by atoms with E-state index in [0.717, 1.165) is 18.5 Å². The highest BCUT2D eigenvalue weighted by Gasteiger charge is 2.65. The zero-order valence-electron chi connectivity index (χ0n) is 22.6. The maximum Gasteiger partial charge on any atom is 0.310 e. The average molecular weight is 640 g/mol. The minimum absolute atomic E-state index is 0.0601. The molecule has 2 saturated carbocycles. The molecule has 1 aromatic carbocycles. The maximum atomic E-state index is 14.4. The SMILES string of the molecule is [C-]#[N+]C1(N)CCCCC1C(=O)N(c1ccc(S(F)(F)(F)(F)F)cc1)C(C(=O)NC1CCC(F)(F)CC1)c1cncc(F)c1. The van der Waals surface area contributed by atoms with Gasteiger partial charge in [-0.3, -0.25) is 30.1 Å². The Morgan fingerprint density at radius 2 is 1.65 bits per heavy atom. The smallest absolute Gasteiger partial charge is 0.310 e. The van der Waals surface area contributed by atoms with E-state index in [0.29, 0.717) is 29.9 Å². The second-order valence-corrected chi connectivity index (χ2v) is 13.5. The van der Waals surface area contributed by atoms with Crippen LogP contribution in [0, 0.1) is 18.3 Å². The van der Waals surface area contributed by atoms with Crippen LogP contribution < -0.4 is 16.0 Å². The van der Waals surface area contributed by atoms with Crippen molar-refractivity contribution in [3.63, 3.8) is 0 Å². The summed E-state index contributed by atoms with van der Waals surface area (Å²) in [5, 5.41) is 2.56. The predicted molar refractivity (Wildman–Crippen MR) is 143 cm³/mol. The van der Waals surface area contributed by atoms with Gasteiger partial charge in [-0.1, -0.05) is 25.8 Å². The number of nitrogens with one attached hydrogen (secondary N) is 1. The molecule has 0 radical (unpaired) electrons. The summed E-state index contributed by atoms with van der Waals surface area (Å²) >= 11 is 0. The number of alkyl halides is 2. The molecule has 1 aromatic heterocycles. The lowest BCUT2D eigenvalue weighted by Crippen LogP contribution is -2.56. The monoisotopic (exact) mass is 639 g/mol. The molecule has 2 fully saturated rings. The van der Waals surface area contributed by atoms with Crippen LogP contribution in [0.3, 0.4) is 0 Å². The Labute approximate surface area is 242 Å². The fraction of sp³-hybridized carbons (Fsp3) is 0.481. The summed E-state index contributed by atoms with van der Waals surface area (Å²) < 4.78 is 109. The van der Waals surface area contributed by atoms with Crippen molar-refractivity contribution in [2.45, 2.75) is 79.9 Å². The van der Waals surface area contributed by atoms with Gasteiger partial charge in [0.25, 0.3) is 5.66 Å². The van der Waals surface area contributed by atoms with Gasteiger partial charge in [0.05, 0.1) is 6.20 Å². The molecule has 0 aliphatic heterocycles. The summed E-state index contributed by atoms with van der Waals surface area (Å²) in [6, 6.07) is -0.525. The van der Waals surface area contributed by atoms with E-state index >= 15 is 0 Å². The molecule has 0 bridgehead atoms. The number of carbonyl (C=O) groups is 2. The van der Waals surface area contributed by atoms with Gasteiger partial charge in [-0.2, -0.15) is 0 Å². The van der Waals surface area contributed by atoms with Gasteiger partial charge in [0.2, 0.25) is 17.7 Å². The Bertz CT molecular complexity index is 1430. The summed E-state index contributed by atoms with van der Waals surface area (Å²) in [5.74, 6) is -7.15. The first-order valence-corrected chi connectivity index (χ1v) is 15.3. The van der Waals surface area contributed by atoms with Gasteiger partial charge in [-0.15, -0.1) is 0 Å². The van der Waals surface area contributed by atoms with Crippen LogP contribution in [0.15, 0.2) is 47.6 Å². The maximum absolute atomic E-state index is 14.4. The minimum atomic E-state index is -10.1. The number of carbonyl (C=O) groups excluding carboxylic acids is 2. The molecule has 2 aliphatic carbocycles. The van der Waals surface area contributed by atoms with E-state index in [-0.39, 0.29) is 43.4 Å². The average Bonchev–Trinajstić information content (AvgIpc) is 2.91. The number of amides is 2. The number of anilines is 1. The van der Waals surface area contributed by atoms with E-state index in [9.17, 15) is 42.2 Å². The topological polar surface area (TPSA) is 92.7 Å². The molecule has 2 amide bonds. The van der Waals surface area contributed by atoms with Crippen molar-refractivity contribution in [3.8, 4) is 0 Å². The fourth-order valence-electron chi connectivity index (χ4n) is 5.55. The molecule has 3 atom stereocenters. The molecule has 1 heterocycles. The summed E-state index contributed by atoms with van der Waals surface area (Å²) in [5.41, 5.74) is 3.81. The molecule has 2 aromatic rings. The Kier molecular flexibility index (Phi) is 8.02. The number of hydrogen-bond acceptors (Lipinski definition) is 4. The van der Waals surface area contributed by atoms with Crippen LogP contribution in [0.4, 0.5) is 38.3 Å². The lowest BCUT2D eigenvalue weighted by atomic mass is 9.78. The van der Waals surface area contributed by atoms with Crippen molar-refractivity contribution in [2.75, 3.05) is 4.90 Å². The fourth-order valence-corrected chi connectivity index (χ4v) is 6.20. The molecule has 236 valence electrons. The molecule has 0 saturated heterocycles. The third-order valence-electron chi connectivity index (χ3n) is 7.84. The van der Waals surface area contributed by atoms with E-state index in [1.54, 1.807) is 0 Å². The van der Waals surface area contributed by atoms with Crippen molar-refractivity contribution >= 4 is 27.7 Å². The van der Waals surface area contributed by atoms with Gasteiger partial charge in [0, 0.05) is 42.8 Å². The second-order valence-electron chi connectivity index (χ2n) is 11.1. The van der Waals surface area contributed by atoms with Crippen LogP contribution in [0.2, 0.25) is 0 Å². The van der Waals surface area contributed by atoms with Gasteiger partial charge in [-0.25, -0.2) is 19.7 Å². The predicted octanol–water partition coefficient (Wildman–Crippen LogP) is 7.41. The van der Waals surface area contributed by atoms with Crippen LogP contribution in [0.1, 0.15) is 63.0 Å². The summed E-state index contributed by atoms with van der Waals surface area (Å²) in [6.45, 7) is 7.61. The Morgan fingerprint density at radius 3 is 2.21 bits per heavy atom. The van der Waals surface area contributed by atoms with E-state index in [1.807, 2.05) is 0 Å². The molecule has 7 nitrogen and oxygen atoms in total. The first-order valence-electron chi connectivity index (χ1n) is 13.4. The van der Waals surface area contributed by atoms with Crippen LogP contribution in [0.5, 0.6) is 0 Å². The molecule has 3 N–H and O–H groups in total. The Morgan fingerprint density at radius 1 is 1.02 bits per heavy atom. The first kappa shape index (κ1) is 32.5. The largest absolute Gasteiger partial charge is 0.351 e. The van der Waals surface area contributed by atoms with Gasteiger partial charge in [0.1, 0.15) is 22.7 Å². The van der Waals surface area contributed by atoms with Crippen molar-refractivity contribution in [3.05, 3.63) is 65.5 Å². The van der Waals surface area contributed by atoms with Crippen LogP contribution in [-0.2, 0) is 9.59 Å². The molecule has 16 heteroatoms. The highest BCUT2D eigenvalue weighted by molar-refractivity contribution is 8.45. The number of aromatic nitrogens is 1. The zero-order chi connectivity index (χ0) is 31.9. The van der Waals surface area contributed by atoms with Crippen molar-refractivity contribution in [1.82, 2.24) is 10.3 Å². The van der Waals surface area contributed by atoms with Crippen LogP contribution in [0.25, 0.3) is 4.85 Å². The standard InChI is InChI=1S/C27H29F8N5O2S/c1-37-27(36)11-3-2-4-22(27)25(42)40(20-5-7-21(8-6-20)43(31,32,33,34)35)23(17-14-18(28)16-38-15-17)24(41)39-19-9-12-26(29,30)13-10-19/h5-8,14-16,19,22-23H,2-4,9-13,36H2,(H,39,41). The molecule has 0 spiro atoms.